The number of benzene rings is 1. The largest absolute Gasteiger partial charge is 0.399 e. The van der Waals surface area contributed by atoms with Gasteiger partial charge in [-0.1, -0.05) is 6.92 Å². The van der Waals surface area contributed by atoms with Crippen molar-refractivity contribution in [1.29, 1.82) is 0 Å². The van der Waals surface area contributed by atoms with Gasteiger partial charge in [-0.25, -0.2) is 0 Å². The van der Waals surface area contributed by atoms with Gasteiger partial charge in [0, 0.05) is 11.4 Å². The minimum Gasteiger partial charge on any atom is -0.399 e. The molecule has 5 rings (SSSR count). The van der Waals surface area contributed by atoms with Gasteiger partial charge in [0.05, 0.1) is 0 Å². The molecule has 2 heteroatoms. The predicted molar refractivity (Wildman–Crippen MR) is 79.7 cm³/mol. The molecule has 0 saturated heterocycles. The summed E-state index contributed by atoms with van der Waals surface area (Å²) in [6.07, 6.45) is 8.43. The van der Waals surface area contributed by atoms with E-state index in [1.807, 2.05) is 6.07 Å². The van der Waals surface area contributed by atoms with Gasteiger partial charge in [-0.2, -0.15) is 0 Å². The van der Waals surface area contributed by atoms with Gasteiger partial charge in [0.15, 0.2) is 0 Å². The highest BCUT2D eigenvalue weighted by molar-refractivity contribution is 5.56. The van der Waals surface area contributed by atoms with Gasteiger partial charge in [0.2, 0.25) is 0 Å². The van der Waals surface area contributed by atoms with Crippen molar-refractivity contribution in [3.8, 4) is 0 Å². The van der Waals surface area contributed by atoms with E-state index in [0.29, 0.717) is 10.8 Å². The smallest absolute Gasteiger partial charge is 0.0337 e. The summed E-state index contributed by atoms with van der Waals surface area (Å²) in [6, 6.07) is 6.26. The van der Waals surface area contributed by atoms with E-state index >= 15 is 0 Å². The molecule has 4 N–H and O–H groups in total. The van der Waals surface area contributed by atoms with Gasteiger partial charge in [-0.15, -0.1) is 0 Å². The first-order chi connectivity index (χ1) is 8.96. The summed E-state index contributed by atoms with van der Waals surface area (Å²) < 4.78 is 0. The van der Waals surface area contributed by atoms with Crippen LogP contribution in [0.2, 0.25) is 0 Å². The Bertz CT molecular complexity index is 500. The Kier molecular flexibility index (Phi) is 2.13. The van der Waals surface area contributed by atoms with Gasteiger partial charge < -0.3 is 11.5 Å². The van der Waals surface area contributed by atoms with Crippen LogP contribution in [0.4, 0.5) is 11.4 Å². The van der Waals surface area contributed by atoms with E-state index in [-0.39, 0.29) is 0 Å². The third kappa shape index (κ3) is 1.69. The maximum atomic E-state index is 6.03. The molecule has 1 aromatic carbocycles. The van der Waals surface area contributed by atoms with Gasteiger partial charge in [-0.05, 0) is 85.0 Å². The minimum atomic E-state index is 0.377. The van der Waals surface area contributed by atoms with E-state index in [2.05, 4.69) is 19.1 Å². The molecule has 4 bridgehead atoms. The average Bonchev–Trinajstić information content (AvgIpc) is 2.23. The molecule has 0 amide bonds. The molecule has 2 atom stereocenters. The van der Waals surface area contributed by atoms with Crippen molar-refractivity contribution in [2.75, 3.05) is 11.5 Å². The lowest BCUT2D eigenvalue weighted by atomic mass is 9.43. The van der Waals surface area contributed by atoms with Crippen molar-refractivity contribution in [2.45, 2.75) is 50.9 Å². The number of anilines is 2. The van der Waals surface area contributed by atoms with Crippen LogP contribution in [0.1, 0.15) is 51.0 Å². The highest BCUT2D eigenvalue weighted by atomic mass is 14.6. The van der Waals surface area contributed by atoms with Gasteiger partial charge in [-0.3, -0.25) is 0 Å². The predicted octanol–water partition coefficient (Wildman–Crippen LogP) is 3.71. The average molecular weight is 256 g/mol. The summed E-state index contributed by atoms with van der Waals surface area (Å²) in [4.78, 5) is 0. The summed E-state index contributed by atoms with van der Waals surface area (Å²) >= 11 is 0. The maximum Gasteiger partial charge on any atom is 0.0337 e. The Balaban J connectivity index is 1.81. The van der Waals surface area contributed by atoms with Crippen molar-refractivity contribution in [3.05, 3.63) is 23.8 Å². The second-order valence-electron chi connectivity index (χ2n) is 7.94. The zero-order valence-electron chi connectivity index (χ0n) is 11.8. The fourth-order valence-corrected chi connectivity index (χ4v) is 6.04. The molecule has 102 valence electrons. The van der Waals surface area contributed by atoms with Gasteiger partial charge in [0.1, 0.15) is 0 Å². The summed E-state index contributed by atoms with van der Waals surface area (Å²) in [5, 5.41) is 0. The monoisotopic (exact) mass is 256 g/mol. The van der Waals surface area contributed by atoms with Crippen LogP contribution in [-0.4, -0.2) is 0 Å². The fraction of sp³-hybridized carbons (Fsp3) is 0.647. The molecule has 2 unspecified atom stereocenters. The van der Waals surface area contributed by atoms with Crippen molar-refractivity contribution in [3.63, 3.8) is 0 Å². The first-order valence-electron chi connectivity index (χ1n) is 7.63. The number of hydrogen-bond donors (Lipinski definition) is 2. The number of nitrogens with two attached hydrogens (primary N) is 2. The summed E-state index contributed by atoms with van der Waals surface area (Å²) in [5.74, 6) is 1.88. The van der Waals surface area contributed by atoms with Crippen molar-refractivity contribution in [2.24, 2.45) is 17.3 Å². The van der Waals surface area contributed by atoms with Crippen molar-refractivity contribution < 1.29 is 0 Å². The quantitative estimate of drug-likeness (QED) is 0.753. The van der Waals surface area contributed by atoms with Crippen LogP contribution < -0.4 is 11.5 Å². The van der Waals surface area contributed by atoms with Crippen molar-refractivity contribution >= 4 is 11.4 Å². The lowest BCUT2D eigenvalue weighted by Gasteiger charge is -2.61. The Labute approximate surface area is 115 Å². The topological polar surface area (TPSA) is 52.0 Å². The van der Waals surface area contributed by atoms with Gasteiger partial charge >= 0.3 is 0 Å². The fourth-order valence-electron chi connectivity index (χ4n) is 6.04. The van der Waals surface area contributed by atoms with Crippen LogP contribution in [0.25, 0.3) is 0 Å². The molecule has 0 radical (unpaired) electrons. The molecule has 0 aromatic heterocycles. The first-order valence-corrected chi connectivity index (χ1v) is 7.63. The van der Waals surface area contributed by atoms with Crippen LogP contribution in [0.15, 0.2) is 18.2 Å². The second kappa shape index (κ2) is 3.47. The van der Waals surface area contributed by atoms with Crippen LogP contribution in [0, 0.1) is 17.3 Å². The summed E-state index contributed by atoms with van der Waals surface area (Å²) in [5.41, 5.74) is 16.1. The Hall–Kier alpha value is -1.18. The number of rotatable bonds is 1. The molecular formula is C17H24N2. The van der Waals surface area contributed by atoms with Gasteiger partial charge in [0.25, 0.3) is 0 Å². The number of hydrogen-bond acceptors (Lipinski definition) is 2. The maximum absolute atomic E-state index is 6.03. The molecule has 4 aliphatic carbocycles. The first kappa shape index (κ1) is 11.6. The molecule has 0 aliphatic heterocycles. The Morgan fingerprint density at radius 3 is 2.05 bits per heavy atom. The van der Waals surface area contributed by atoms with E-state index in [1.54, 1.807) is 0 Å². The SMILES string of the molecule is CC12CC3CC(C1)CC(c1cc(N)cc(N)c1)(C3)C2. The third-order valence-corrected chi connectivity index (χ3v) is 5.94. The summed E-state index contributed by atoms with van der Waals surface area (Å²) in [7, 11) is 0. The molecule has 4 aliphatic rings. The molecular weight excluding hydrogens is 232 g/mol. The zero-order valence-corrected chi connectivity index (χ0v) is 11.8. The third-order valence-electron chi connectivity index (χ3n) is 5.94. The summed E-state index contributed by atoms with van der Waals surface area (Å²) in [6.45, 7) is 2.51. The van der Waals surface area contributed by atoms with E-state index in [4.69, 9.17) is 11.5 Å². The van der Waals surface area contributed by atoms with E-state index in [9.17, 15) is 0 Å². The Morgan fingerprint density at radius 2 is 1.53 bits per heavy atom. The minimum absolute atomic E-state index is 0.377. The lowest BCUT2D eigenvalue weighted by Crippen LogP contribution is -2.52. The van der Waals surface area contributed by atoms with Crippen LogP contribution >= 0.6 is 0 Å². The molecule has 4 saturated carbocycles. The molecule has 0 heterocycles. The van der Waals surface area contributed by atoms with Crippen LogP contribution in [0.3, 0.4) is 0 Å². The van der Waals surface area contributed by atoms with E-state index in [1.165, 1.54) is 44.1 Å². The number of nitrogen functional groups attached to an aromatic ring is 2. The van der Waals surface area contributed by atoms with Crippen molar-refractivity contribution in [1.82, 2.24) is 0 Å². The molecule has 4 fully saturated rings. The highest BCUT2D eigenvalue weighted by Crippen LogP contribution is 2.65. The van der Waals surface area contributed by atoms with E-state index in [0.717, 1.165) is 23.2 Å². The highest BCUT2D eigenvalue weighted by Gasteiger charge is 2.56. The van der Waals surface area contributed by atoms with E-state index < -0.39 is 0 Å². The molecule has 1 aromatic rings. The lowest BCUT2D eigenvalue weighted by molar-refractivity contribution is -0.0615. The van der Waals surface area contributed by atoms with Crippen LogP contribution in [-0.2, 0) is 5.41 Å². The molecule has 0 spiro atoms. The van der Waals surface area contributed by atoms with Crippen LogP contribution in [0.5, 0.6) is 0 Å². The zero-order chi connectivity index (χ0) is 13.3. The molecule has 2 nitrogen and oxygen atoms in total. The Morgan fingerprint density at radius 1 is 0.947 bits per heavy atom. The molecule has 19 heavy (non-hydrogen) atoms. The standard InChI is InChI=1S/C17H24N2/c1-16-6-11-2-12(7-16)9-17(8-11,10-16)13-3-14(18)5-15(19)4-13/h3-5,11-12H,2,6-10,18-19H2,1H3. The normalized spacial score (nSPS) is 43.6. The second-order valence-corrected chi connectivity index (χ2v) is 7.94.